The van der Waals surface area contributed by atoms with Gasteiger partial charge in [-0.15, -0.1) is 0 Å². The second-order valence-electron chi connectivity index (χ2n) is 22.8. The van der Waals surface area contributed by atoms with E-state index in [0.717, 1.165) is 38.5 Å². The monoisotopic (exact) mass is 1000 g/mol. The summed E-state index contributed by atoms with van der Waals surface area (Å²) < 4.78 is 5.51. The van der Waals surface area contributed by atoms with Crippen LogP contribution in [-0.2, 0) is 14.3 Å². The molecule has 424 valence electrons. The Bertz CT molecular complexity index is 1020. The van der Waals surface area contributed by atoms with Gasteiger partial charge in [0.25, 0.3) is 0 Å². The van der Waals surface area contributed by atoms with Crippen LogP contribution in [0.1, 0.15) is 380 Å². The van der Waals surface area contributed by atoms with E-state index in [0.29, 0.717) is 25.9 Å². The van der Waals surface area contributed by atoms with E-state index in [1.54, 1.807) is 0 Å². The first-order valence-corrected chi connectivity index (χ1v) is 32.8. The average Bonchev–Trinajstić information content (AvgIpc) is 3.37. The molecule has 0 bridgehead atoms. The largest absolute Gasteiger partial charge is 0.466 e. The summed E-state index contributed by atoms with van der Waals surface area (Å²) in [6.07, 6.45) is 72.9. The van der Waals surface area contributed by atoms with E-state index in [2.05, 4.69) is 19.2 Å². The Morgan fingerprint density at radius 1 is 0.338 bits per heavy atom. The van der Waals surface area contributed by atoms with Crippen molar-refractivity contribution in [3.63, 3.8) is 0 Å². The molecule has 0 spiro atoms. The normalized spacial score (nSPS) is 12.5. The number of carbonyl (C=O) groups excluding carboxylic acids is 2. The maximum absolute atomic E-state index is 12.4. The van der Waals surface area contributed by atoms with Crippen molar-refractivity contribution in [1.82, 2.24) is 5.32 Å². The van der Waals surface area contributed by atoms with Gasteiger partial charge >= 0.3 is 5.97 Å². The number of carbonyl (C=O) groups is 2. The lowest BCUT2D eigenvalue weighted by Crippen LogP contribution is -2.45. The number of aliphatic hydroxyl groups is 2. The number of aliphatic hydroxyl groups excluding tert-OH is 2. The van der Waals surface area contributed by atoms with Crippen LogP contribution >= 0.6 is 0 Å². The van der Waals surface area contributed by atoms with Crippen LogP contribution in [0.2, 0.25) is 0 Å². The van der Waals surface area contributed by atoms with Gasteiger partial charge in [0.05, 0.1) is 25.4 Å². The van der Waals surface area contributed by atoms with Gasteiger partial charge in [-0.2, -0.15) is 0 Å². The summed E-state index contributed by atoms with van der Waals surface area (Å²) in [4.78, 5) is 24.5. The quantitative estimate of drug-likeness (QED) is 0.0417. The van der Waals surface area contributed by atoms with Crippen LogP contribution in [0.25, 0.3) is 0 Å². The zero-order chi connectivity index (χ0) is 51.4. The summed E-state index contributed by atoms with van der Waals surface area (Å²) in [5, 5.41) is 23.1. The van der Waals surface area contributed by atoms with Crippen LogP contribution in [0, 0.1) is 0 Å². The van der Waals surface area contributed by atoms with Crippen molar-refractivity contribution in [3.05, 3.63) is 0 Å². The lowest BCUT2D eigenvalue weighted by Gasteiger charge is -2.22. The number of unbranched alkanes of at least 4 members (excludes halogenated alkanes) is 51. The van der Waals surface area contributed by atoms with E-state index in [9.17, 15) is 19.8 Å². The Balaban J connectivity index is 3.28. The molecule has 0 heterocycles. The fraction of sp³-hybridized carbons (Fsp3) is 0.969. The van der Waals surface area contributed by atoms with Gasteiger partial charge in [-0.1, -0.05) is 341 Å². The number of hydrogen-bond donors (Lipinski definition) is 3. The van der Waals surface area contributed by atoms with Gasteiger partial charge < -0.3 is 20.3 Å². The smallest absolute Gasteiger partial charge is 0.305 e. The predicted octanol–water partition coefficient (Wildman–Crippen LogP) is 20.6. The molecule has 6 heteroatoms. The number of hydrogen-bond acceptors (Lipinski definition) is 5. The molecule has 3 N–H and O–H groups in total. The molecule has 0 saturated heterocycles. The van der Waals surface area contributed by atoms with Crippen molar-refractivity contribution >= 4 is 11.9 Å². The Kier molecular flexibility index (Phi) is 60.4. The Morgan fingerprint density at radius 2 is 0.577 bits per heavy atom. The van der Waals surface area contributed by atoms with Crippen molar-refractivity contribution in [2.45, 2.75) is 392 Å². The lowest BCUT2D eigenvalue weighted by atomic mass is 10.0. The molecule has 2 unspecified atom stereocenters. The van der Waals surface area contributed by atoms with Crippen molar-refractivity contribution < 1.29 is 24.5 Å². The van der Waals surface area contributed by atoms with Gasteiger partial charge in [0.1, 0.15) is 0 Å². The van der Waals surface area contributed by atoms with Gasteiger partial charge in [0, 0.05) is 12.8 Å². The molecule has 6 nitrogen and oxygen atoms in total. The van der Waals surface area contributed by atoms with Crippen LogP contribution < -0.4 is 5.32 Å². The predicted molar refractivity (Wildman–Crippen MR) is 310 cm³/mol. The van der Waals surface area contributed by atoms with Crippen LogP contribution in [0.3, 0.4) is 0 Å². The second-order valence-corrected chi connectivity index (χ2v) is 22.8. The van der Waals surface area contributed by atoms with Gasteiger partial charge in [0.15, 0.2) is 0 Å². The van der Waals surface area contributed by atoms with Gasteiger partial charge in [0.2, 0.25) is 5.91 Å². The van der Waals surface area contributed by atoms with E-state index in [-0.39, 0.29) is 18.5 Å². The molecule has 0 aliphatic carbocycles. The van der Waals surface area contributed by atoms with Gasteiger partial charge in [-0.3, -0.25) is 9.59 Å². The van der Waals surface area contributed by atoms with Crippen LogP contribution in [0.15, 0.2) is 0 Å². The Hall–Kier alpha value is -1.14. The molecule has 71 heavy (non-hydrogen) atoms. The highest BCUT2D eigenvalue weighted by molar-refractivity contribution is 5.76. The first-order valence-electron chi connectivity index (χ1n) is 32.8. The van der Waals surface area contributed by atoms with Crippen molar-refractivity contribution in [3.8, 4) is 0 Å². The maximum Gasteiger partial charge on any atom is 0.305 e. The van der Waals surface area contributed by atoms with Crippen molar-refractivity contribution in [2.24, 2.45) is 0 Å². The summed E-state index contributed by atoms with van der Waals surface area (Å²) in [6.45, 7) is 4.97. The zero-order valence-corrected chi connectivity index (χ0v) is 48.5. The number of nitrogens with one attached hydrogen (secondary N) is 1. The zero-order valence-electron chi connectivity index (χ0n) is 48.5. The van der Waals surface area contributed by atoms with E-state index in [1.807, 2.05) is 0 Å². The molecule has 0 aliphatic heterocycles. The number of amides is 1. The highest BCUT2D eigenvalue weighted by Crippen LogP contribution is 2.19. The summed E-state index contributed by atoms with van der Waals surface area (Å²) in [6, 6.07) is -0.535. The molecule has 0 fully saturated rings. The molecular weight excluding hydrogens is 875 g/mol. The first kappa shape index (κ1) is 69.9. The molecule has 0 saturated carbocycles. The molecule has 0 rings (SSSR count). The standard InChI is InChI=1S/C65H129NO5/c1-3-5-7-9-11-13-14-15-16-29-33-36-39-43-47-51-55-59-65(70)71-60-56-52-48-44-40-37-34-31-28-26-24-22-20-18-17-19-21-23-25-27-30-32-35-38-42-46-50-54-58-64(69)66-62(61-67)63(68)57-53-49-45-41-12-10-8-6-4-2/h62-63,67-68H,3-61H2,1-2H3,(H,66,69). The first-order chi connectivity index (χ1) is 35.0. The maximum atomic E-state index is 12.4. The molecule has 0 radical (unpaired) electrons. The van der Waals surface area contributed by atoms with E-state index in [1.165, 1.54) is 308 Å². The third kappa shape index (κ3) is 58.0. The van der Waals surface area contributed by atoms with Crippen LogP contribution in [0.5, 0.6) is 0 Å². The summed E-state index contributed by atoms with van der Waals surface area (Å²) in [5.41, 5.74) is 0. The Morgan fingerprint density at radius 3 is 0.859 bits per heavy atom. The molecule has 0 aromatic heterocycles. The number of esters is 1. The minimum Gasteiger partial charge on any atom is -0.466 e. The fourth-order valence-electron chi connectivity index (χ4n) is 10.6. The highest BCUT2D eigenvalue weighted by Gasteiger charge is 2.20. The van der Waals surface area contributed by atoms with E-state index in [4.69, 9.17) is 4.74 Å². The molecule has 0 aromatic carbocycles. The topological polar surface area (TPSA) is 95.9 Å². The minimum absolute atomic E-state index is 0.0236. The van der Waals surface area contributed by atoms with Crippen molar-refractivity contribution in [2.75, 3.05) is 13.2 Å². The van der Waals surface area contributed by atoms with Crippen LogP contribution in [-0.4, -0.2) is 47.4 Å². The number of rotatable bonds is 62. The number of ether oxygens (including phenoxy) is 1. The van der Waals surface area contributed by atoms with E-state index < -0.39 is 12.1 Å². The SMILES string of the molecule is CCCCCCCCCCCCCCCCCCCC(=O)OCCCCCCCCCCCCCCCCCCCCCCCCCCCCCCC(=O)NC(CO)C(O)CCCCCCCCCCC. The van der Waals surface area contributed by atoms with E-state index >= 15 is 0 Å². The lowest BCUT2D eigenvalue weighted by molar-refractivity contribution is -0.143. The molecular formula is C65H129NO5. The Labute approximate surface area is 445 Å². The molecule has 1 amide bonds. The van der Waals surface area contributed by atoms with Gasteiger partial charge in [-0.25, -0.2) is 0 Å². The summed E-state index contributed by atoms with van der Waals surface area (Å²) in [5.74, 6) is -0.00843. The third-order valence-electron chi connectivity index (χ3n) is 15.7. The minimum atomic E-state index is -0.658. The summed E-state index contributed by atoms with van der Waals surface area (Å²) >= 11 is 0. The van der Waals surface area contributed by atoms with Crippen molar-refractivity contribution in [1.29, 1.82) is 0 Å². The van der Waals surface area contributed by atoms with Gasteiger partial charge in [-0.05, 0) is 25.7 Å². The highest BCUT2D eigenvalue weighted by atomic mass is 16.5. The average molecular weight is 1000 g/mol. The second kappa shape index (κ2) is 61.4. The fourth-order valence-corrected chi connectivity index (χ4v) is 10.6. The summed E-state index contributed by atoms with van der Waals surface area (Å²) in [7, 11) is 0. The van der Waals surface area contributed by atoms with Crippen LogP contribution in [0.4, 0.5) is 0 Å². The molecule has 0 aliphatic rings. The molecule has 0 aromatic rings. The third-order valence-corrected chi connectivity index (χ3v) is 15.7. The molecule has 2 atom stereocenters.